The Kier molecular flexibility index (Phi) is 4.31. The Morgan fingerprint density at radius 3 is 2.81 bits per heavy atom. The quantitative estimate of drug-likeness (QED) is 0.857. The summed E-state index contributed by atoms with van der Waals surface area (Å²) in [5, 5.41) is 7.53. The van der Waals surface area contributed by atoms with Crippen LogP contribution in [-0.4, -0.2) is 33.1 Å². The third-order valence-electron chi connectivity index (χ3n) is 3.43. The van der Waals surface area contributed by atoms with E-state index in [4.69, 9.17) is 9.88 Å². The lowest BCUT2D eigenvalue weighted by molar-refractivity contribution is 0.0205. The number of nitrogens with one attached hydrogen (secondary N) is 1. The van der Waals surface area contributed by atoms with E-state index in [0.29, 0.717) is 6.61 Å². The Balaban J connectivity index is 2.15. The summed E-state index contributed by atoms with van der Waals surface area (Å²) < 4.78 is 41.7. The number of halogens is 1. The minimum absolute atomic E-state index is 0.227. The summed E-state index contributed by atoms with van der Waals surface area (Å²) in [5.41, 5.74) is -0.827. The molecule has 1 amide bonds. The van der Waals surface area contributed by atoms with Crippen LogP contribution in [0.15, 0.2) is 23.1 Å². The number of rotatable bonds is 4. The zero-order chi connectivity index (χ0) is 15.7. The largest absolute Gasteiger partial charge is 0.373 e. The Bertz CT molecular complexity index is 654. The SMILES string of the molecule is CC1(CNC(=O)c2cc(S(N)(=O)=O)ccc2F)CCCO1. The fourth-order valence-electron chi connectivity index (χ4n) is 2.19. The summed E-state index contributed by atoms with van der Waals surface area (Å²) in [7, 11) is -3.99. The average Bonchev–Trinajstić information content (AvgIpc) is 2.83. The van der Waals surface area contributed by atoms with Crippen molar-refractivity contribution in [3.05, 3.63) is 29.6 Å². The Hall–Kier alpha value is -1.51. The standard InChI is InChI=1S/C13H17FN2O4S/c1-13(5-2-6-20-13)8-16-12(17)10-7-9(21(15,18)19)3-4-11(10)14/h3-4,7H,2,5-6,8H2,1H3,(H,16,17)(H2,15,18,19). The molecule has 21 heavy (non-hydrogen) atoms. The van der Waals surface area contributed by atoms with Gasteiger partial charge in [0.1, 0.15) is 5.82 Å². The molecule has 0 bridgehead atoms. The van der Waals surface area contributed by atoms with Gasteiger partial charge in [-0.15, -0.1) is 0 Å². The first-order valence-electron chi connectivity index (χ1n) is 6.46. The Labute approximate surface area is 122 Å². The molecule has 116 valence electrons. The molecular weight excluding hydrogens is 299 g/mol. The summed E-state index contributed by atoms with van der Waals surface area (Å²) in [5.74, 6) is -1.51. The van der Waals surface area contributed by atoms with Crippen LogP contribution < -0.4 is 10.5 Å². The van der Waals surface area contributed by atoms with E-state index in [2.05, 4.69) is 5.32 Å². The first-order valence-corrected chi connectivity index (χ1v) is 8.00. The number of carbonyl (C=O) groups is 1. The zero-order valence-corrected chi connectivity index (χ0v) is 12.4. The second-order valence-electron chi connectivity index (χ2n) is 5.27. The van der Waals surface area contributed by atoms with E-state index in [-0.39, 0.29) is 17.0 Å². The first kappa shape index (κ1) is 15.9. The molecule has 0 aliphatic carbocycles. The molecule has 3 N–H and O–H groups in total. The number of hydrogen-bond acceptors (Lipinski definition) is 4. The van der Waals surface area contributed by atoms with E-state index in [1.165, 1.54) is 0 Å². The molecule has 0 radical (unpaired) electrons. The van der Waals surface area contributed by atoms with Gasteiger partial charge in [-0.1, -0.05) is 0 Å². The fraction of sp³-hybridized carbons (Fsp3) is 0.462. The maximum absolute atomic E-state index is 13.7. The van der Waals surface area contributed by atoms with Crippen LogP contribution in [0, 0.1) is 5.82 Å². The van der Waals surface area contributed by atoms with E-state index < -0.39 is 27.3 Å². The van der Waals surface area contributed by atoms with Crippen molar-refractivity contribution in [2.75, 3.05) is 13.2 Å². The van der Waals surface area contributed by atoms with E-state index in [0.717, 1.165) is 31.0 Å². The predicted molar refractivity (Wildman–Crippen MR) is 73.7 cm³/mol. The van der Waals surface area contributed by atoms with E-state index in [1.54, 1.807) is 0 Å². The van der Waals surface area contributed by atoms with Gasteiger partial charge in [-0.05, 0) is 38.0 Å². The van der Waals surface area contributed by atoms with Gasteiger partial charge in [0.2, 0.25) is 10.0 Å². The van der Waals surface area contributed by atoms with Crippen molar-refractivity contribution in [3.63, 3.8) is 0 Å². The molecule has 1 unspecified atom stereocenters. The molecule has 1 atom stereocenters. The monoisotopic (exact) mass is 316 g/mol. The number of hydrogen-bond donors (Lipinski definition) is 2. The number of carbonyl (C=O) groups excluding carboxylic acids is 1. The van der Waals surface area contributed by atoms with Gasteiger partial charge in [-0.2, -0.15) is 0 Å². The highest BCUT2D eigenvalue weighted by Crippen LogP contribution is 2.24. The smallest absolute Gasteiger partial charge is 0.254 e. The number of benzene rings is 1. The Morgan fingerprint density at radius 1 is 1.52 bits per heavy atom. The third-order valence-corrected chi connectivity index (χ3v) is 4.35. The second-order valence-corrected chi connectivity index (χ2v) is 6.83. The summed E-state index contributed by atoms with van der Waals surface area (Å²) >= 11 is 0. The van der Waals surface area contributed by atoms with Crippen LogP contribution in [0.3, 0.4) is 0 Å². The van der Waals surface area contributed by atoms with Crippen molar-refractivity contribution < 1.29 is 22.3 Å². The number of nitrogens with two attached hydrogens (primary N) is 1. The van der Waals surface area contributed by atoms with Gasteiger partial charge >= 0.3 is 0 Å². The van der Waals surface area contributed by atoms with Crippen LogP contribution in [-0.2, 0) is 14.8 Å². The van der Waals surface area contributed by atoms with Crippen molar-refractivity contribution >= 4 is 15.9 Å². The molecule has 0 saturated carbocycles. The average molecular weight is 316 g/mol. The van der Waals surface area contributed by atoms with Crippen molar-refractivity contribution in [1.29, 1.82) is 0 Å². The molecule has 2 rings (SSSR count). The van der Waals surface area contributed by atoms with Crippen molar-refractivity contribution in [1.82, 2.24) is 5.32 Å². The van der Waals surface area contributed by atoms with Gasteiger partial charge in [0.15, 0.2) is 0 Å². The molecule has 1 aromatic rings. The van der Waals surface area contributed by atoms with Gasteiger partial charge in [-0.3, -0.25) is 4.79 Å². The molecule has 0 aromatic heterocycles. The number of ether oxygens (including phenoxy) is 1. The first-order chi connectivity index (χ1) is 9.71. The fourth-order valence-corrected chi connectivity index (χ4v) is 2.73. The van der Waals surface area contributed by atoms with E-state index in [1.807, 2.05) is 6.92 Å². The maximum Gasteiger partial charge on any atom is 0.254 e. The lowest BCUT2D eigenvalue weighted by Crippen LogP contribution is -2.40. The zero-order valence-electron chi connectivity index (χ0n) is 11.6. The lowest BCUT2D eigenvalue weighted by atomic mass is 10.0. The van der Waals surface area contributed by atoms with Crippen LogP contribution in [0.25, 0.3) is 0 Å². The van der Waals surface area contributed by atoms with Gasteiger partial charge in [-0.25, -0.2) is 17.9 Å². The summed E-state index contributed by atoms with van der Waals surface area (Å²) in [6.07, 6.45) is 1.70. The molecule has 1 saturated heterocycles. The van der Waals surface area contributed by atoms with Crippen molar-refractivity contribution in [2.24, 2.45) is 5.14 Å². The Morgan fingerprint density at radius 2 is 2.24 bits per heavy atom. The normalized spacial score (nSPS) is 22.2. The predicted octanol–water partition coefficient (Wildman–Crippen LogP) is 0.772. The summed E-state index contributed by atoms with van der Waals surface area (Å²) in [6.45, 7) is 2.71. The molecule has 1 aliphatic rings. The van der Waals surface area contributed by atoms with E-state index >= 15 is 0 Å². The molecular formula is C13H17FN2O4S. The molecule has 1 heterocycles. The van der Waals surface area contributed by atoms with Crippen LogP contribution in [0.1, 0.15) is 30.1 Å². The minimum Gasteiger partial charge on any atom is -0.373 e. The van der Waals surface area contributed by atoms with Gasteiger partial charge < -0.3 is 10.1 Å². The van der Waals surface area contributed by atoms with Crippen molar-refractivity contribution in [2.45, 2.75) is 30.3 Å². The number of amides is 1. The molecule has 1 fully saturated rings. The molecule has 6 nitrogen and oxygen atoms in total. The summed E-state index contributed by atoms with van der Waals surface area (Å²) in [6, 6.07) is 2.85. The van der Waals surface area contributed by atoms with Crippen LogP contribution in [0.5, 0.6) is 0 Å². The highest BCUT2D eigenvalue weighted by Gasteiger charge is 2.30. The molecule has 8 heteroatoms. The van der Waals surface area contributed by atoms with Crippen LogP contribution in [0.4, 0.5) is 4.39 Å². The molecule has 1 aliphatic heterocycles. The third kappa shape index (κ3) is 3.78. The molecule has 1 aromatic carbocycles. The van der Waals surface area contributed by atoms with Crippen molar-refractivity contribution in [3.8, 4) is 0 Å². The van der Waals surface area contributed by atoms with Crippen LogP contribution in [0.2, 0.25) is 0 Å². The number of sulfonamides is 1. The van der Waals surface area contributed by atoms with Gasteiger partial charge in [0, 0.05) is 13.2 Å². The van der Waals surface area contributed by atoms with Gasteiger partial charge in [0.05, 0.1) is 16.1 Å². The van der Waals surface area contributed by atoms with Gasteiger partial charge in [0.25, 0.3) is 5.91 Å². The summed E-state index contributed by atoms with van der Waals surface area (Å²) in [4.78, 5) is 11.7. The number of primary sulfonamides is 1. The topological polar surface area (TPSA) is 98.5 Å². The highest BCUT2D eigenvalue weighted by molar-refractivity contribution is 7.89. The van der Waals surface area contributed by atoms with Crippen LogP contribution >= 0.6 is 0 Å². The second kappa shape index (κ2) is 5.70. The minimum atomic E-state index is -3.99. The highest BCUT2D eigenvalue weighted by atomic mass is 32.2. The lowest BCUT2D eigenvalue weighted by Gasteiger charge is -2.23. The molecule has 0 spiro atoms. The maximum atomic E-state index is 13.7. The van der Waals surface area contributed by atoms with E-state index in [9.17, 15) is 17.6 Å².